The van der Waals surface area contributed by atoms with E-state index in [2.05, 4.69) is 4.98 Å². The van der Waals surface area contributed by atoms with Crippen LogP contribution < -0.4 is 5.73 Å². The number of thioether (sulfide) groups is 1. The van der Waals surface area contributed by atoms with Gasteiger partial charge in [0.15, 0.2) is 0 Å². The van der Waals surface area contributed by atoms with Gasteiger partial charge in [-0.15, -0.1) is 23.1 Å². The van der Waals surface area contributed by atoms with Crippen molar-refractivity contribution >= 4 is 40.4 Å². The van der Waals surface area contributed by atoms with E-state index in [0.29, 0.717) is 22.4 Å². The summed E-state index contributed by atoms with van der Waals surface area (Å²) in [6, 6.07) is 9.48. The van der Waals surface area contributed by atoms with Gasteiger partial charge in [-0.25, -0.2) is 4.98 Å². The second-order valence-corrected chi connectivity index (χ2v) is 6.47. The summed E-state index contributed by atoms with van der Waals surface area (Å²) in [6.45, 7) is 0. The lowest BCUT2D eigenvalue weighted by Gasteiger charge is -2.03. The standard InChI is InChI=1S/C14H11ClN2OS2/c15-11-6-9(16)3-4-12(11)20-8-10-7-18-14(17-10)13-2-1-5-19-13/h1-7H,8,16H2. The van der Waals surface area contributed by atoms with Crippen molar-refractivity contribution in [2.45, 2.75) is 10.6 Å². The molecule has 102 valence electrons. The molecule has 0 amide bonds. The Labute approximate surface area is 129 Å². The van der Waals surface area contributed by atoms with Crippen molar-refractivity contribution in [3.63, 3.8) is 0 Å². The molecule has 2 aromatic heterocycles. The summed E-state index contributed by atoms with van der Waals surface area (Å²) in [5.74, 6) is 1.37. The minimum atomic E-state index is 0.664. The van der Waals surface area contributed by atoms with Crippen molar-refractivity contribution in [3.8, 4) is 10.8 Å². The number of halogens is 1. The van der Waals surface area contributed by atoms with E-state index in [1.54, 1.807) is 35.4 Å². The van der Waals surface area contributed by atoms with E-state index in [1.807, 2.05) is 29.6 Å². The third kappa shape index (κ3) is 3.00. The summed E-state index contributed by atoms with van der Waals surface area (Å²) in [4.78, 5) is 6.49. The van der Waals surface area contributed by atoms with Gasteiger partial charge in [-0.3, -0.25) is 0 Å². The first-order valence-corrected chi connectivity index (χ1v) is 8.13. The minimum Gasteiger partial charge on any atom is -0.444 e. The van der Waals surface area contributed by atoms with Crippen LogP contribution in [0.4, 0.5) is 5.69 Å². The Hall–Kier alpha value is -1.43. The van der Waals surface area contributed by atoms with Crippen LogP contribution in [0.1, 0.15) is 5.69 Å². The fraction of sp³-hybridized carbons (Fsp3) is 0.0714. The van der Waals surface area contributed by atoms with Gasteiger partial charge in [0, 0.05) is 16.3 Å². The molecular weight excluding hydrogens is 312 g/mol. The van der Waals surface area contributed by atoms with Gasteiger partial charge in [0.2, 0.25) is 5.89 Å². The molecule has 0 fully saturated rings. The van der Waals surface area contributed by atoms with E-state index in [-0.39, 0.29) is 0 Å². The van der Waals surface area contributed by atoms with Crippen LogP contribution in [-0.2, 0) is 5.75 Å². The topological polar surface area (TPSA) is 52.0 Å². The SMILES string of the molecule is Nc1ccc(SCc2coc(-c3cccs3)n2)c(Cl)c1. The molecule has 2 heterocycles. The van der Waals surface area contributed by atoms with E-state index < -0.39 is 0 Å². The maximum atomic E-state index is 6.14. The van der Waals surface area contributed by atoms with E-state index in [1.165, 1.54) is 0 Å². The quantitative estimate of drug-likeness (QED) is 0.546. The largest absolute Gasteiger partial charge is 0.444 e. The van der Waals surface area contributed by atoms with Crippen molar-refractivity contribution in [2.24, 2.45) is 0 Å². The number of nitrogens with zero attached hydrogens (tertiary/aromatic N) is 1. The maximum absolute atomic E-state index is 6.14. The van der Waals surface area contributed by atoms with E-state index >= 15 is 0 Å². The van der Waals surface area contributed by atoms with E-state index in [0.717, 1.165) is 15.5 Å². The molecule has 3 rings (SSSR count). The number of hydrogen-bond acceptors (Lipinski definition) is 5. The van der Waals surface area contributed by atoms with E-state index in [4.69, 9.17) is 21.8 Å². The molecule has 0 saturated heterocycles. The third-order valence-electron chi connectivity index (χ3n) is 2.62. The highest BCUT2D eigenvalue weighted by Gasteiger charge is 2.09. The number of nitrogens with two attached hydrogens (primary N) is 1. The normalized spacial score (nSPS) is 10.8. The maximum Gasteiger partial charge on any atom is 0.236 e. The molecule has 1 aromatic carbocycles. The third-order valence-corrected chi connectivity index (χ3v) is 5.00. The zero-order valence-corrected chi connectivity index (χ0v) is 12.8. The Balaban J connectivity index is 1.70. The Kier molecular flexibility index (Phi) is 4.00. The predicted molar refractivity (Wildman–Crippen MR) is 85.2 cm³/mol. The lowest BCUT2D eigenvalue weighted by Crippen LogP contribution is -1.86. The summed E-state index contributed by atoms with van der Waals surface area (Å²) in [6.07, 6.45) is 1.69. The second kappa shape index (κ2) is 5.91. The first-order chi connectivity index (χ1) is 9.72. The van der Waals surface area contributed by atoms with Crippen LogP contribution in [0, 0.1) is 0 Å². The molecule has 0 bridgehead atoms. The molecule has 0 saturated carbocycles. The summed E-state index contributed by atoms with van der Waals surface area (Å²) in [5.41, 5.74) is 7.23. The van der Waals surface area contributed by atoms with Gasteiger partial charge < -0.3 is 10.2 Å². The molecule has 0 radical (unpaired) electrons. The van der Waals surface area contributed by atoms with Gasteiger partial charge in [-0.2, -0.15) is 0 Å². The van der Waals surface area contributed by atoms with Crippen LogP contribution in [0.15, 0.2) is 51.3 Å². The van der Waals surface area contributed by atoms with Crippen LogP contribution in [0.5, 0.6) is 0 Å². The molecule has 0 aliphatic rings. The Morgan fingerprint density at radius 2 is 2.25 bits per heavy atom. The van der Waals surface area contributed by atoms with E-state index in [9.17, 15) is 0 Å². The molecule has 3 aromatic rings. The fourth-order valence-electron chi connectivity index (χ4n) is 1.67. The average Bonchev–Trinajstić information content (AvgIpc) is 3.08. The van der Waals surface area contributed by atoms with Gasteiger partial charge in [-0.1, -0.05) is 17.7 Å². The fourth-order valence-corrected chi connectivity index (χ4v) is 3.48. The number of thiophene rings is 1. The summed E-state index contributed by atoms with van der Waals surface area (Å²) >= 11 is 9.36. The van der Waals surface area contributed by atoms with Crippen LogP contribution >= 0.6 is 34.7 Å². The number of anilines is 1. The Bertz CT molecular complexity index is 710. The number of benzene rings is 1. The summed E-state index contributed by atoms with van der Waals surface area (Å²) < 4.78 is 5.48. The predicted octanol–water partition coefficient (Wildman–Crippen LogP) is 4.93. The molecule has 20 heavy (non-hydrogen) atoms. The highest BCUT2D eigenvalue weighted by Crippen LogP contribution is 2.32. The van der Waals surface area contributed by atoms with Crippen LogP contribution in [0.2, 0.25) is 5.02 Å². The van der Waals surface area contributed by atoms with Crippen molar-refractivity contribution in [3.05, 3.63) is 52.7 Å². The monoisotopic (exact) mass is 322 g/mol. The lowest BCUT2D eigenvalue weighted by molar-refractivity contribution is 0.575. The molecule has 2 N–H and O–H groups in total. The van der Waals surface area contributed by atoms with Crippen molar-refractivity contribution in [2.75, 3.05) is 5.73 Å². The van der Waals surface area contributed by atoms with Crippen LogP contribution in [0.3, 0.4) is 0 Å². The van der Waals surface area contributed by atoms with Crippen molar-refractivity contribution in [1.29, 1.82) is 0 Å². The number of oxazole rings is 1. The molecule has 0 aliphatic carbocycles. The average molecular weight is 323 g/mol. The number of nitrogen functional groups attached to an aromatic ring is 1. The van der Waals surface area contributed by atoms with Crippen molar-refractivity contribution in [1.82, 2.24) is 4.98 Å². The minimum absolute atomic E-state index is 0.664. The molecule has 0 unspecified atom stereocenters. The Morgan fingerprint density at radius 1 is 1.35 bits per heavy atom. The highest BCUT2D eigenvalue weighted by atomic mass is 35.5. The number of aromatic nitrogens is 1. The van der Waals surface area contributed by atoms with Crippen molar-refractivity contribution < 1.29 is 4.42 Å². The van der Waals surface area contributed by atoms with Gasteiger partial charge in [0.1, 0.15) is 6.26 Å². The number of hydrogen-bond donors (Lipinski definition) is 1. The first kappa shape index (κ1) is 13.5. The lowest BCUT2D eigenvalue weighted by atomic mass is 10.3. The summed E-state index contributed by atoms with van der Waals surface area (Å²) in [7, 11) is 0. The first-order valence-electron chi connectivity index (χ1n) is 5.88. The molecule has 0 atom stereocenters. The van der Waals surface area contributed by atoms with Crippen LogP contribution in [0.25, 0.3) is 10.8 Å². The summed E-state index contributed by atoms with van der Waals surface area (Å²) in [5, 5.41) is 2.67. The Morgan fingerprint density at radius 3 is 3.00 bits per heavy atom. The zero-order chi connectivity index (χ0) is 13.9. The molecular formula is C14H11ClN2OS2. The van der Waals surface area contributed by atoms with Gasteiger partial charge in [0.25, 0.3) is 0 Å². The number of rotatable bonds is 4. The van der Waals surface area contributed by atoms with Crippen LogP contribution in [-0.4, -0.2) is 4.98 Å². The second-order valence-electron chi connectivity index (χ2n) is 4.10. The molecule has 0 spiro atoms. The van der Waals surface area contributed by atoms with Gasteiger partial charge >= 0.3 is 0 Å². The molecule has 3 nitrogen and oxygen atoms in total. The highest BCUT2D eigenvalue weighted by molar-refractivity contribution is 7.98. The molecule has 0 aliphatic heterocycles. The van der Waals surface area contributed by atoms with Gasteiger partial charge in [0.05, 0.1) is 15.6 Å². The smallest absolute Gasteiger partial charge is 0.236 e. The zero-order valence-electron chi connectivity index (χ0n) is 10.4. The molecule has 6 heteroatoms. The van der Waals surface area contributed by atoms with Gasteiger partial charge in [-0.05, 0) is 29.6 Å².